The molecule has 0 amide bonds. The number of ether oxygens (including phenoxy) is 1. The average molecular weight is 517 g/mol. The Balaban J connectivity index is 1.17. The van der Waals surface area contributed by atoms with Crippen molar-refractivity contribution in [3.63, 3.8) is 0 Å². The second-order valence-electron chi connectivity index (χ2n) is 13.7. The van der Waals surface area contributed by atoms with Crippen molar-refractivity contribution in [1.29, 1.82) is 0 Å². The molecule has 208 valence electrons. The summed E-state index contributed by atoms with van der Waals surface area (Å²) in [5, 5.41) is 0. The van der Waals surface area contributed by atoms with E-state index in [4.69, 9.17) is 4.74 Å². The molecular formula is C36H52O2. The van der Waals surface area contributed by atoms with Crippen molar-refractivity contribution in [2.24, 2.45) is 34.5 Å². The molecule has 4 aliphatic carbocycles. The smallest absolute Gasteiger partial charge is 0.331 e. The van der Waals surface area contributed by atoms with Gasteiger partial charge in [-0.1, -0.05) is 101 Å². The van der Waals surface area contributed by atoms with Crippen molar-refractivity contribution in [2.75, 3.05) is 0 Å². The molecule has 0 aromatic heterocycles. The summed E-state index contributed by atoms with van der Waals surface area (Å²) in [6, 6.07) is 9.99. The predicted octanol–water partition coefficient (Wildman–Crippen LogP) is 9.94. The SMILES string of the molecule is CCCCCCCCC1CCC2C3CC=C4CC(OC(=O)C=Cc5ccccc5)CCC4(C)C3CCC12C. The summed E-state index contributed by atoms with van der Waals surface area (Å²) in [7, 11) is 0. The van der Waals surface area contributed by atoms with Crippen LogP contribution in [0.25, 0.3) is 6.08 Å². The fourth-order valence-corrected chi connectivity index (χ4v) is 9.41. The van der Waals surface area contributed by atoms with E-state index < -0.39 is 0 Å². The number of fused-ring (bicyclic) bond motifs is 5. The molecule has 0 spiro atoms. The van der Waals surface area contributed by atoms with Gasteiger partial charge in [-0.25, -0.2) is 4.79 Å². The maximum atomic E-state index is 12.6. The minimum absolute atomic E-state index is 0.0286. The molecule has 0 saturated heterocycles. The normalized spacial score (nSPS) is 36.3. The van der Waals surface area contributed by atoms with Crippen LogP contribution < -0.4 is 0 Å². The summed E-state index contributed by atoms with van der Waals surface area (Å²) >= 11 is 0. The zero-order valence-electron chi connectivity index (χ0n) is 24.4. The molecule has 0 bridgehead atoms. The van der Waals surface area contributed by atoms with E-state index in [1.165, 1.54) is 83.5 Å². The molecule has 7 atom stereocenters. The van der Waals surface area contributed by atoms with Gasteiger partial charge in [-0.2, -0.15) is 0 Å². The van der Waals surface area contributed by atoms with E-state index >= 15 is 0 Å². The van der Waals surface area contributed by atoms with E-state index in [2.05, 4.69) is 26.8 Å². The van der Waals surface area contributed by atoms with Gasteiger partial charge in [-0.05, 0) is 97.5 Å². The molecule has 1 aromatic carbocycles. The third-order valence-electron chi connectivity index (χ3n) is 11.7. The van der Waals surface area contributed by atoms with Gasteiger partial charge in [0.15, 0.2) is 0 Å². The molecule has 0 aliphatic heterocycles. The molecule has 3 saturated carbocycles. The lowest BCUT2D eigenvalue weighted by Crippen LogP contribution is -2.50. The van der Waals surface area contributed by atoms with Crippen LogP contribution in [-0.4, -0.2) is 12.1 Å². The molecule has 4 aliphatic rings. The maximum Gasteiger partial charge on any atom is 0.331 e. The van der Waals surface area contributed by atoms with Crippen LogP contribution >= 0.6 is 0 Å². The molecule has 2 heteroatoms. The first-order valence-electron chi connectivity index (χ1n) is 16.1. The zero-order chi connectivity index (χ0) is 26.6. The van der Waals surface area contributed by atoms with Gasteiger partial charge in [0, 0.05) is 12.5 Å². The standard InChI is InChI=1S/C36H52O2/c1-4-5-6-7-8-12-15-28-18-20-32-31-19-17-29-26-30(38-34(37)21-16-27-13-10-9-11-14-27)22-24-36(29,3)33(31)23-25-35(28,32)2/h9-11,13-14,16-17,21,28,30-33H,4-8,12,15,18-20,22-26H2,1-3H3. The number of unbranched alkanes of at least 4 members (excludes halogenated alkanes) is 5. The molecule has 2 nitrogen and oxygen atoms in total. The Morgan fingerprint density at radius 3 is 2.55 bits per heavy atom. The lowest BCUT2D eigenvalue weighted by Gasteiger charge is -2.58. The molecule has 3 fully saturated rings. The number of rotatable bonds is 10. The van der Waals surface area contributed by atoms with Gasteiger partial charge in [-0.15, -0.1) is 0 Å². The molecule has 5 rings (SSSR count). The number of hydrogen-bond donors (Lipinski definition) is 0. The highest BCUT2D eigenvalue weighted by Gasteiger charge is 2.58. The van der Waals surface area contributed by atoms with E-state index in [0.717, 1.165) is 42.1 Å². The Labute approximate surface area is 232 Å². The summed E-state index contributed by atoms with van der Waals surface area (Å²) in [4.78, 5) is 12.6. The Morgan fingerprint density at radius 2 is 1.74 bits per heavy atom. The zero-order valence-corrected chi connectivity index (χ0v) is 24.4. The molecule has 7 unspecified atom stereocenters. The minimum atomic E-state index is -0.201. The van der Waals surface area contributed by atoms with Gasteiger partial charge >= 0.3 is 5.97 Å². The van der Waals surface area contributed by atoms with Crippen molar-refractivity contribution in [1.82, 2.24) is 0 Å². The number of esters is 1. The second-order valence-corrected chi connectivity index (χ2v) is 13.7. The van der Waals surface area contributed by atoms with Crippen LogP contribution in [0.2, 0.25) is 0 Å². The highest BCUT2D eigenvalue weighted by Crippen LogP contribution is 2.66. The van der Waals surface area contributed by atoms with Crippen molar-refractivity contribution in [3.8, 4) is 0 Å². The fourth-order valence-electron chi connectivity index (χ4n) is 9.41. The Bertz CT molecular complexity index is 992. The quantitative estimate of drug-likeness (QED) is 0.134. The van der Waals surface area contributed by atoms with Gasteiger partial charge in [0.2, 0.25) is 0 Å². The first kappa shape index (κ1) is 27.7. The molecular weight excluding hydrogens is 464 g/mol. The Morgan fingerprint density at radius 1 is 0.947 bits per heavy atom. The van der Waals surface area contributed by atoms with Gasteiger partial charge in [0.25, 0.3) is 0 Å². The van der Waals surface area contributed by atoms with E-state index in [1.54, 1.807) is 11.6 Å². The van der Waals surface area contributed by atoms with Crippen molar-refractivity contribution in [3.05, 3.63) is 53.6 Å². The lowest BCUT2D eigenvalue weighted by molar-refractivity contribution is -0.145. The van der Waals surface area contributed by atoms with Gasteiger partial charge in [0.1, 0.15) is 6.10 Å². The summed E-state index contributed by atoms with van der Waals surface area (Å²) < 4.78 is 5.94. The number of allylic oxidation sites excluding steroid dienone is 1. The van der Waals surface area contributed by atoms with Crippen LogP contribution in [-0.2, 0) is 9.53 Å². The molecule has 0 N–H and O–H groups in total. The summed E-state index contributed by atoms with van der Waals surface area (Å²) in [6.07, 6.45) is 26.2. The topological polar surface area (TPSA) is 26.3 Å². The predicted molar refractivity (Wildman–Crippen MR) is 159 cm³/mol. The molecule has 1 aromatic rings. The molecule has 0 radical (unpaired) electrons. The van der Waals surface area contributed by atoms with Crippen LogP contribution in [0.3, 0.4) is 0 Å². The van der Waals surface area contributed by atoms with E-state index in [1.807, 2.05) is 36.4 Å². The monoisotopic (exact) mass is 516 g/mol. The van der Waals surface area contributed by atoms with E-state index in [-0.39, 0.29) is 12.1 Å². The van der Waals surface area contributed by atoms with Crippen molar-refractivity contribution in [2.45, 2.75) is 123 Å². The van der Waals surface area contributed by atoms with Crippen molar-refractivity contribution < 1.29 is 9.53 Å². The van der Waals surface area contributed by atoms with E-state index in [9.17, 15) is 4.79 Å². The summed E-state index contributed by atoms with van der Waals surface area (Å²) in [5.41, 5.74) is 3.52. The van der Waals surface area contributed by atoms with E-state index in [0.29, 0.717) is 10.8 Å². The highest BCUT2D eigenvalue weighted by atomic mass is 16.5. The average Bonchev–Trinajstić information content (AvgIpc) is 3.26. The number of carbonyl (C=O) groups excluding carboxylic acids is 1. The third kappa shape index (κ3) is 5.71. The van der Waals surface area contributed by atoms with Gasteiger partial charge in [-0.3, -0.25) is 0 Å². The maximum absolute atomic E-state index is 12.6. The number of hydrogen-bond acceptors (Lipinski definition) is 2. The highest BCUT2D eigenvalue weighted by molar-refractivity contribution is 5.87. The second kappa shape index (κ2) is 12.1. The summed E-state index contributed by atoms with van der Waals surface area (Å²) in [6.45, 7) is 7.56. The van der Waals surface area contributed by atoms with Crippen LogP contribution in [0, 0.1) is 34.5 Å². The van der Waals surface area contributed by atoms with Crippen LogP contribution in [0.1, 0.15) is 123 Å². The Kier molecular flexibility index (Phi) is 8.85. The van der Waals surface area contributed by atoms with Crippen LogP contribution in [0.15, 0.2) is 48.1 Å². The van der Waals surface area contributed by atoms with Crippen LogP contribution in [0.5, 0.6) is 0 Å². The lowest BCUT2D eigenvalue weighted by atomic mass is 9.47. The van der Waals surface area contributed by atoms with Crippen molar-refractivity contribution >= 4 is 12.0 Å². The first-order chi connectivity index (χ1) is 18.4. The van der Waals surface area contributed by atoms with Gasteiger partial charge < -0.3 is 4.74 Å². The first-order valence-corrected chi connectivity index (χ1v) is 16.1. The number of carbonyl (C=O) groups is 1. The molecule has 38 heavy (non-hydrogen) atoms. The largest absolute Gasteiger partial charge is 0.459 e. The third-order valence-corrected chi connectivity index (χ3v) is 11.7. The van der Waals surface area contributed by atoms with Gasteiger partial charge in [0.05, 0.1) is 0 Å². The van der Waals surface area contributed by atoms with Crippen LogP contribution in [0.4, 0.5) is 0 Å². The molecule has 0 heterocycles. The minimum Gasteiger partial charge on any atom is -0.459 e. The fraction of sp³-hybridized carbons (Fsp3) is 0.694. The summed E-state index contributed by atoms with van der Waals surface area (Å²) in [5.74, 6) is 3.36. The number of benzene rings is 1. The Hall–Kier alpha value is -1.83.